The van der Waals surface area contributed by atoms with Gasteiger partial charge in [-0.1, -0.05) is 88.1 Å². The number of rotatable bonds is 28. The number of esters is 2. The highest BCUT2D eigenvalue weighted by atomic mass is 16.6. The number of aliphatic carboxylic acids is 1. The number of hydrogen-bond donors (Lipinski definition) is 1. The number of carboxylic acid groups (broad SMARTS) is 1. The normalized spacial score (nSPS) is 13.8. The number of likely N-dealkylation sites (N-methyl/N-ethyl adjacent to an activating group) is 1. The van der Waals surface area contributed by atoms with Crippen molar-refractivity contribution in [2.45, 2.75) is 122 Å². The van der Waals surface area contributed by atoms with Crippen LogP contribution in [-0.4, -0.2) is 80.6 Å². The molecule has 0 heterocycles. The van der Waals surface area contributed by atoms with Gasteiger partial charge in [0, 0.05) is 19.3 Å². The minimum Gasteiger partial charge on any atom is -0.477 e. The van der Waals surface area contributed by atoms with Gasteiger partial charge in [0.25, 0.3) is 0 Å². The fraction of sp³-hybridized carbons (Fsp3) is 0.694. The van der Waals surface area contributed by atoms with Gasteiger partial charge in [0.2, 0.25) is 0 Å². The third kappa shape index (κ3) is 25.8. The van der Waals surface area contributed by atoms with E-state index in [0.29, 0.717) is 25.7 Å². The molecule has 0 spiro atoms. The molecule has 252 valence electrons. The number of allylic oxidation sites excluding steroid dienone is 8. The van der Waals surface area contributed by atoms with E-state index in [1.54, 1.807) is 0 Å². The summed E-state index contributed by atoms with van der Waals surface area (Å²) < 4.78 is 16.7. The average Bonchev–Trinajstić information content (AvgIpc) is 2.96. The summed E-state index contributed by atoms with van der Waals surface area (Å²) in [5, 5.41) is 9.48. The summed E-state index contributed by atoms with van der Waals surface area (Å²) in [6.45, 7) is 4.22. The van der Waals surface area contributed by atoms with Crippen LogP contribution in [-0.2, 0) is 28.6 Å². The minimum atomic E-state index is -0.886. The van der Waals surface area contributed by atoms with Crippen molar-refractivity contribution in [3.63, 3.8) is 0 Å². The van der Waals surface area contributed by atoms with Crippen LogP contribution in [0.15, 0.2) is 48.6 Å². The van der Waals surface area contributed by atoms with Gasteiger partial charge in [-0.05, 0) is 51.4 Å². The van der Waals surface area contributed by atoms with E-state index in [1.165, 1.54) is 12.8 Å². The molecule has 44 heavy (non-hydrogen) atoms. The van der Waals surface area contributed by atoms with Gasteiger partial charge in [0.05, 0.1) is 34.4 Å². The SMILES string of the molecule is CC/C=C\C/C=C\C/C=C\C/C=C\CCCCCCCCC(=O)OC(COCCC(C(=O)O)[N+](C)(C)C)COC(=O)CCC. The second-order valence-corrected chi connectivity index (χ2v) is 12.0. The molecule has 0 fully saturated rings. The van der Waals surface area contributed by atoms with Gasteiger partial charge in [0.15, 0.2) is 12.1 Å². The van der Waals surface area contributed by atoms with Gasteiger partial charge in [-0.15, -0.1) is 0 Å². The van der Waals surface area contributed by atoms with Crippen molar-refractivity contribution in [2.24, 2.45) is 0 Å². The van der Waals surface area contributed by atoms with Gasteiger partial charge < -0.3 is 23.8 Å². The van der Waals surface area contributed by atoms with Crippen LogP contribution in [0.5, 0.6) is 0 Å². The van der Waals surface area contributed by atoms with Crippen LogP contribution in [0.4, 0.5) is 0 Å². The largest absolute Gasteiger partial charge is 0.477 e. The summed E-state index contributed by atoms with van der Waals surface area (Å²) in [6.07, 6.45) is 30.1. The number of quaternary nitrogens is 1. The Morgan fingerprint density at radius 1 is 0.705 bits per heavy atom. The van der Waals surface area contributed by atoms with E-state index in [9.17, 15) is 19.5 Å². The summed E-state index contributed by atoms with van der Waals surface area (Å²) in [5.74, 6) is -1.56. The molecule has 1 N–H and O–H groups in total. The lowest BCUT2D eigenvalue weighted by molar-refractivity contribution is -0.887. The van der Waals surface area contributed by atoms with E-state index in [0.717, 1.165) is 57.8 Å². The maximum Gasteiger partial charge on any atom is 0.362 e. The van der Waals surface area contributed by atoms with Crippen LogP contribution in [0, 0.1) is 0 Å². The summed E-state index contributed by atoms with van der Waals surface area (Å²) >= 11 is 0. The molecule has 0 aromatic heterocycles. The highest BCUT2D eigenvalue weighted by molar-refractivity contribution is 5.72. The van der Waals surface area contributed by atoms with Crippen molar-refractivity contribution in [3.05, 3.63) is 48.6 Å². The van der Waals surface area contributed by atoms with Gasteiger partial charge in [-0.25, -0.2) is 4.79 Å². The smallest absolute Gasteiger partial charge is 0.362 e. The van der Waals surface area contributed by atoms with E-state index in [2.05, 4.69) is 55.5 Å². The predicted octanol–water partition coefficient (Wildman–Crippen LogP) is 7.73. The molecular formula is C36H62NO7+. The Balaban J connectivity index is 4.14. The Morgan fingerprint density at radius 3 is 1.84 bits per heavy atom. The lowest BCUT2D eigenvalue weighted by Gasteiger charge is -2.31. The topological polar surface area (TPSA) is 99.1 Å². The zero-order chi connectivity index (χ0) is 32.9. The molecule has 0 aromatic carbocycles. The Bertz CT molecular complexity index is 870. The van der Waals surface area contributed by atoms with E-state index >= 15 is 0 Å². The number of unbranched alkanes of at least 4 members (excludes halogenated alkanes) is 6. The highest BCUT2D eigenvalue weighted by Gasteiger charge is 2.31. The molecule has 2 atom stereocenters. The van der Waals surface area contributed by atoms with Crippen LogP contribution < -0.4 is 0 Å². The molecule has 2 unspecified atom stereocenters. The highest BCUT2D eigenvalue weighted by Crippen LogP contribution is 2.12. The lowest BCUT2D eigenvalue weighted by atomic mass is 10.1. The van der Waals surface area contributed by atoms with E-state index in [-0.39, 0.29) is 36.2 Å². The summed E-state index contributed by atoms with van der Waals surface area (Å²) in [4.78, 5) is 35.8. The number of carboxylic acids is 1. The number of ether oxygens (including phenoxy) is 3. The van der Waals surface area contributed by atoms with Crippen molar-refractivity contribution in [3.8, 4) is 0 Å². The third-order valence-electron chi connectivity index (χ3n) is 6.96. The molecule has 0 aromatic rings. The fourth-order valence-electron chi connectivity index (χ4n) is 4.41. The number of carbonyl (C=O) groups is 3. The quantitative estimate of drug-likeness (QED) is 0.0413. The molecule has 0 saturated heterocycles. The molecule has 0 aliphatic rings. The van der Waals surface area contributed by atoms with Crippen LogP contribution >= 0.6 is 0 Å². The molecule has 0 bridgehead atoms. The Morgan fingerprint density at radius 2 is 1.27 bits per heavy atom. The summed E-state index contributed by atoms with van der Waals surface area (Å²) in [7, 11) is 5.47. The van der Waals surface area contributed by atoms with Crippen LogP contribution in [0.3, 0.4) is 0 Å². The van der Waals surface area contributed by atoms with Gasteiger partial charge in [-0.3, -0.25) is 9.59 Å². The van der Waals surface area contributed by atoms with Gasteiger partial charge in [-0.2, -0.15) is 0 Å². The van der Waals surface area contributed by atoms with Gasteiger partial charge in [0.1, 0.15) is 6.61 Å². The monoisotopic (exact) mass is 620 g/mol. The van der Waals surface area contributed by atoms with Crippen molar-refractivity contribution < 1.29 is 38.2 Å². The zero-order valence-corrected chi connectivity index (χ0v) is 28.3. The predicted molar refractivity (Wildman–Crippen MR) is 178 cm³/mol. The first kappa shape index (κ1) is 41.3. The number of nitrogens with zero attached hydrogens (tertiary/aromatic N) is 1. The molecule has 0 aliphatic carbocycles. The lowest BCUT2D eigenvalue weighted by Crippen LogP contribution is -2.50. The number of carbonyl (C=O) groups excluding carboxylic acids is 2. The Kier molecular flexibility index (Phi) is 26.1. The molecule has 0 rings (SSSR count). The van der Waals surface area contributed by atoms with Crippen molar-refractivity contribution >= 4 is 17.9 Å². The zero-order valence-electron chi connectivity index (χ0n) is 28.3. The third-order valence-corrected chi connectivity index (χ3v) is 6.96. The Labute approximate surface area is 267 Å². The minimum absolute atomic E-state index is 0.0495. The molecule has 8 nitrogen and oxygen atoms in total. The molecule has 0 saturated carbocycles. The second-order valence-electron chi connectivity index (χ2n) is 12.0. The maximum atomic E-state index is 12.5. The maximum absolute atomic E-state index is 12.5. The van der Waals surface area contributed by atoms with Crippen LogP contribution in [0.2, 0.25) is 0 Å². The van der Waals surface area contributed by atoms with Gasteiger partial charge >= 0.3 is 17.9 Å². The summed E-state index contributed by atoms with van der Waals surface area (Å²) in [6, 6.07) is -0.613. The standard InChI is InChI=1S/C36H61NO7/c1-6-8-9-10-11-12-13-14-15-16-17-18-19-20-21-22-23-24-25-27-35(39)44-32(31-43-34(38)26-7-2)30-42-29-28-33(36(40)41)37(3,4)5/h8-9,11-12,14-15,17-18,32-33H,6-7,10,13,16,19-31H2,1-5H3/p+1/b9-8-,12-11-,15-14-,18-17-. The molecular weight excluding hydrogens is 558 g/mol. The van der Waals surface area contributed by atoms with E-state index < -0.39 is 18.1 Å². The average molecular weight is 621 g/mol. The fourth-order valence-corrected chi connectivity index (χ4v) is 4.41. The van der Waals surface area contributed by atoms with E-state index in [1.807, 2.05) is 28.1 Å². The summed E-state index contributed by atoms with van der Waals surface area (Å²) in [5.41, 5.74) is 0. The molecule has 0 aliphatic heterocycles. The van der Waals surface area contributed by atoms with E-state index in [4.69, 9.17) is 14.2 Å². The molecule has 0 radical (unpaired) electrons. The van der Waals surface area contributed by atoms with Crippen LogP contribution in [0.25, 0.3) is 0 Å². The first-order valence-electron chi connectivity index (χ1n) is 16.7. The second kappa shape index (κ2) is 27.8. The van der Waals surface area contributed by atoms with Crippen LogP contribution in [0.1, 0.15) is 110 Å². The van der Waals surface area contributed by atoms with Crippen molar-refractivity contribution in [2.75, 3.05) is 41.0 Å². The van der Waals surface area contributed by atoms with Crippen molar-refractivity contribution in [1.29, 1.82) is 0 Å². The Hall–Kier alpha value is -2.71. The molecule has 0 amide bonds. The number of hydrogen-bond acceptors (Lipinski definition) is 6. The first-order chi connectivity index (χ1) is 21.1. The van der Waals surface area contributed by atoms with Crippen molar-refractivity contribution in [1.82, 2.24) is 0 Å². The first-order valence-corrected chi connectivity index (χ1v) is 16.7. The molecule has 8 heteroatoms.